The minimum absolute atomic E-state index is 0.0352. The summed E-state index contributed by atoms with van der Waals surface area (Å²) in [6, 6.07) is 6.68. The van der Waals surface area contributed by atoms with Crippen LogP contribution in [0.2, 0.25) is 0 Å². The van der Waals surface area contributed by atoms with Crippen molar-refractivity contribution < 1.29 is 14.0 Å². The second kappa shape index (κ2) is 5.29. The Balaban J connectivity index is 1.91. The fourth-order valence-corrected chi connectivity index (χ4v) is 2.53. The predicted molar refractivity (Wildman–Crippen MR) is 67.4 cm³/mol. The molecule has 6 heteroatoms. The van der Waals surface area contributed by atoms with Crippen molar-refractivity contribution in [2.45, 2.75) is 0 Å². The summed E-state index contributed by atoms with van der Waals surface area (Å²) >= 11 is 4.61. The van der Waals surface area contributed by atoms with E-state index in [4.69, 9.17) is 4.42 Å². The second-order valence-electron chi connectivity index (χ2n) is 3.19. The molecule has 2 aromatic heterocycles. The molecule has 2 aromatic rings. The standard InChI is InChI=1S/C11H8BrNO3S/c12-10-4-3-9(17-10)7(14)6-13-11(15)8-2-1-5-16-8/h1-5H,6H2,(H,13,15). The van der Waals surface area contributed by atoms with Crippen LogP contribution in [0.15, 0.2) is 38.7 Å². The highest BCUT2D eigenvalue weighted by Gasteiger charge is 2.12. The molecule has 0 bridgehead atoms. The Hall–Kier alpha value is -1.40. The third-order valence-corrected chi connectivity index (χ3v) is 3.67. The summed E-state index contributed by atoms with van der Waals surface area (Å²) in [4.78, 5) is 23.8. The molecule has 1 N–H and O–H groups in total. The number of nitrogens with one attached hydrogen (secondary N) is 1. The molecule has 0 radical (unpaired) electrons. The summed E-state index contributed by atoms with van der Waals surface area (Å²) in [6.45, 7) is -0.0352. The van der Waals surface area contributed by atoms with Crippen molar-refractivity contribution in [2.24, 2.45) is 0 Å². The number of Topliss-reactive ketones (excluding diaryl/α,β-unsaturated/α-hetero) is 1. The van der Waals surface area contributed by atoms with Crippen molar-refractivity contribution in [3.05, 3.63) is 45.0 Å². The fraction of sp³-hybridized carbons (Fsp3) is 0.0909. The normalized spacial score (nSPS) is 10.2. The van der Waals surface area contributed by atoms with E-state index < -0.39 is 0 Å². The number of thiophene rings is 1. The quantitative estimate of drug-likeness (QED) is 0.883. The molecule has 0 fully saturated rings. The minimum Gasteiger partial charge on any atom is -0.459 e. The van der Waals surface area contributed by atoms with Crippen LogP contribution in [0.25, 0.3) is 0 Å². The molecule has 1 amide bonds. The molecule has 4 nitrogen and oxygen atoms in total. The maximum Gasteiger partial charge on any atom is 0.287 e. The maximum absolute atomic E-state index is 11.7. The van der Waals surface area contributed by atoms with E-state index in [1.807, 2.05) is 0 Å². The van der Waals surface area contributed by atoms with Crippen LogP contribution in [0.4, 0.5) is 0 Å². The fourth-order valence-electron chi connectivity index (χ4n) is 1.21. The number of ketones is 1. The molecular weight excluding hydrogens is 306 g/mol. The van der Waals surface area contributed by atoms with Gasteiger partial charge in [-0.15, -0.1) is 11.3 Å². The van der Waals surface area contributed by atoms with E-state index in [0.717, 1.165) is 3.79 Å². The van der Waals surface area contributed by atoms with E-state index in [0.29, 0.717) is 4.88 Å². The van der Waals surface area contributed by atoms with Crippen LogP contribution >= 0.6 is 27.3 Å². The van der Waals surface area contributed by atoms with Gasteiger partial charge in [0.15, 0.2) is 11.5 Å². The van der Waals surface area contributed by atoms with Gasteiger partial charge in [0.1, 0.15) is 0 Å². The third kappa shape index (κ3) is 3.04. The zero-order chi connectivity index (χ0) is 12.3. The molecule has 0 aliphatic heterocycles. The maximum atomic E-state index is 11.7. The summed E-state index contributed by atoms with van der Waals surface area (Å²) in [5, 5.41) is 2.50. The zero-order valence-electron chi connectivity index (χ0n) is 8.60. The lowest BCUT2D eigenvalue weighted by Gasteiger charge is -2.00. The summed E-state index contributed by atoms with van der Waals surface area (Å²) in [5.74, 6) is -0.315. The van der Waals surface area contributed by atoms with Gasteiger partial charge in [-0.25, -0.2) is 0 Å². The Kier molecular flexibility index (Phi) is 3.75. The molecule has 0 unspecified atom stereocenters. The highest BCUT2D eigenvalue weighted by atomic mass is 79.9. The Morgan fingerprint density at radius 3 is 2.76 bits per heavy atom. The van der Waals surface area contributed by atoms with Gasteiger partial charge in [-0.3, -0.25) is 9.59 Å². The average Bonchev–Trinajstić information content (AvgIpc) is 2.95. The van der Waals surface area contributed by atoms with Crippen molar-refractivity contribution in [3.8, 4) is 0 Å². The average molecular weight is 314 g/mol. The van der Waals surface area contributed by atoms with Crippen LogP contribution in [0, 0.1) is 0 Å². The van der Waals surface area contributed by atoms with Crippen LogP contribution in [-0.4, -0.2) is 18.2 Å². The van der Waals surface area contributed by atoms with Gasteiger partial charge in [0, 0.05) is 0 Å². The number of carbonyl (C=O) groups excluding carboxylic acids is 2. The summed E-state index contributed by atoms with van der Waals surface area (Å²) < 4.78 is 5.80. The predicted octanol–water partition coefficient (Wildman–Crippen LogP) is 2.72. The van der Waals surface area contributed by atoms with Crippen LogP contribution < -0.4 is 5.32 Å². The first-order valence-corrected chi connectivity index (χ1v) is 6.38. The third-order valence-electron chi connectivity index (χ3n) is 2.00. The first-order valence-electron chi connectivity index (χ1n) is 4.77. The van der Waals surface area contributed by atoms with Crippen LogP contribution in [-0.2, 0) is 0 Å². The first kappa shape index (κ1) is 12.1. The SMILES string of the molecule is O=C(NCC(=O)c1ccc(Br)s1)c1ccco1. The molecule has 2 heterocycles. The van der Waals surface area contributed by atoms with Gasteiger partial charge in [-0.1, -0.05) is 0 Å². The summed E-state index contributed by atoms with van der Waals surface area (Å²) in [6.07, 6.45) is 1.41. The van der Waals surface area contributed by atoms with Gasteiger partial charge >= 0.3 is 0 Å². The molecule has 88 valence electrons. The molecule has 0 atom stereocenters. The minimum atomic E-state index is -0.390. The molecule has 0 spiro atoms. The van der Waals surface area contributed by atoms with E-state index in [-0.39, 0.29) is 24.0 Å². The Labute approximate surface area is 110 Å². The number of hydrogen-bond acceptors (Lipinski definition) is 4. The Morgan fingerprint density at radius 2 is 2.18 bits per heavy atom. The van der Waals surface area contributed by atoms with Gasteiger partial charge in [0.05, 0.1) is 21.5 Å². The van der Waals surface area contributed by atoms with E-state index in [1.165, 1.54) is 17.6 Å². The lowest BCUT2D eigenvalue weighted by atomic mass is 10.3. The Bertz CT molecular complexity index is 533. The molecule has 17 heavy (non-hydrogen) atoms. The van der Waals surface area contributed by atoms with Gasteiger partial charge in [-0.2, -0.15) is 0 Å². The number of hydrogen-bond donors (Lipinski definition) is 1. The van der Waals surface area contributed by atoms with Crippen LogP contribution in [0.1, 0.15) is 20.2 Å². The van der Waals surface area contributed by atoms with Crippen molar-refractivity contribution in [1.82, 2.24) is 5.32 Å². The number of rotatable bonds is 4. The first-order chi connectivity index (χ1) is 8.16. The molecule has 0 saturated carbocycles. The van der Waals surface area contributed by atoms with E-state index >= 15 is 0 Å². The number of halogens is 1. The van der Waals surface area contributed by atoms with Gasteiger partial charge in [-0.05, 0) is 40.2 Å². The molecule has 2 rings (SSSR count). The van der Waals surface area contributed by atoms with Crippen LogP contribution in [0.5, 0.6) is 0 Å². The summed E-state index contributed by atoms with van der Waals surface area (Å²) in [5.41, 5.74) is 0. The van der Waals surface area contributed by atoms with Gasteiger partial charge < -0.3 is 9.73 Å². The monoisotopic (exact) mass is 313 g/mol. The van der Waals surface area contributed by atoms with Crippen molar-refractivity contribution >= 4 is 39.0 Å². The van der Waals surface area contributed by atoms with E-state index in [2.05, 4.69) is 21.2 Å². The highest BCUT2D eigenvalue weighted by molar-refractivity contribution is 9.11. The number of furan rings is 1. The Morgan fingerprint density at radius 1 is 1.35 bits per heavy atom. The molecule has 0 aliphatic carbocycles. The topological polar surface area (TPSA) is 59.3 Å². The smallest absolute Gasteiger partial charge is 0.287 e. The lowest BCUT2D eigenvalue weighted by Crippen LogP contribution is -2.28. The number of amides is 1. The van der Waals surface area contributed by atoms with E-state index in [9.17, 15) is 9.59 Å². The van der Waals surface area contributed by atoms with Crippen molar-refractivity contribution in [2.75, 3.05) is 6.54 Å². The molecule has 0 aromatic carbocycles. The molecule has 0 saturated heterocycles. The van der Waals surface area contributed by atoms with Gasteiger partial charge in [0.2, 0.25) is 0 Å². The van der Waals surface area contributed by atoms with Crippen molar-refractivity contribution in [3.63, 3.8) is 0 Å². The lowest BCUT2D eigenvalue weighted by molar-refractivity contribution is 0.0886. The molecule has 0 aliphatic rings. The van der Waals surface area contributed by atoms with Gasteiger partial charge in [0.25, 0.3) is 5.91 Å². The summed E-state index contributed by atoms with van der Waals surface area (Å²) in [7, 11) is 0. The number of carbonyl (C=O) groups is 2. The molecular formula is C11H8BrNO3S. The second-order valence-corrected chi connectivity index (χ2v) is 5.65. The zero-order valence-corrected chi connectivity index (χ0v) is 11.0. The van der Waals surface area contributed by atoms with Crippen LogP contribution in [0.3, 0.4) is 0 Å². The largest absolute Gasteiger partial charge is 0.459 e. The van der Waals surface area contributed by atoms with Crippen molar-refractivity contribution in [1.29, 1.82) is 0 Å². The van der Waals surface area contributed by atoms with E-state index in [1.54, 1.807) is 24.3 Å². The highest BCUT2D eigenvalue weighted by Crippen LogP contribution is 2.22.